The van der Waals surface area contributed by atoms with Crippen molar-refractivity contribution in [2.75, 3.05) is 0 Å². The largest absolute Gasteiger partial charge is 0.289 e. The number of rotatable bonds is 4. The zero-order valence-corrected chi connectivity index (χ0v) is 10.6. The van der Waals surface area contributed by atoms with Crippen LogP contribution in [0.5, 0.6) is 0 Å². The highest BCUT2D eigenvalue weighted by atomic mass is 19.2. The standard InChI is InChI=1S/C15H9F2NO3/c16-13-7-1-10(9-14(13)17)2-8-15(19)11-3-5-12(6-4-11)18(20)21/h1-9H/b8-2+. The van der Waals surface area contributed by atoms with E-state index in [1.807, 2.05) is 0 Å². The number of benzene rings is 2. The van der Waals surface area contributed by atoms with Crippen LogP contribution in [0.2, 0.25) is 0 Å². The molecule has 0 spiro atoms. The molecule has 0 radical (unpaired) electrons. The van der Waals surface area contributed by atoms with Gasteiger partial charge >= 0.3 is 0 Å². The zero-order chi connectivity index (χ0) is 15.4. The van der Waals surface area contributed by atoms with Gasteiger partial charge in [0.2, 0.25) is 0 Å². The van der Waals surface area contributed by atoms with Gasteiger partial charge in [0.15, 0.2) is 17.4 Å². The summed E-state index contributed by atoms with van der Waals surface area (Å²) in [6, 6.07) is 8.36. The monoisotopic (exact) mass is 289 g/mol. The summed E-state index contributed by atoms with van der Waals surface area (Å²) in [5.41, 5.74) is 0.486. The fraction of sp³-hybridized carbons (Fsp3) is 0. The van der Waals surface area contributed by atoms with E-state index in [1.165, 1.54) is 42.5 Å². The molecule has 0 amide bonds. The predicted molar refractivity (Wildman–Crippen MR) is 72.8 cm³/mol. The molecule has 0 aliphatic heterocycles. The van der Waals surface area contributed by atoms with E-state index in [1.54, 1.807) is 0 Å². The summed E-state index contributed by atoms with van der Waals surface area (Å²) in [7, 11) is 0. The van der Waals surface area contributed by atoms with E-state index in [4.69, 9.17) is 0 Å². The maximum absolute atomic E-state index is 13.0. The number of hydrogen-bond acceptors (Lipinski definition) is 3. The van der Waals surface area contributed by atoms with Gasteiger partial charge in [0.1, 0.15) is 0 Å². The number of non-ortho nitro benzene ring substituents is 1. The summed E-state index contributed by atoms with van der Waals surface area (Å²) in [6.07, 6.45) is 2.53. The lowest BCUT2D eigenvalue weighted by molar-refractivity contribution is -0.384. The molecule has 4 nitrogen and oxygen atoms in total. The third-order valence-corrected chi connectivity index (χ3v) is 2.73. The van der Waals surface area contributed by atoms with Crippen LogP contribution in [0.15, 0.2) is 48.5 Å². The highest BCUT2D eigenvalue weighted by Crippen LogP contribution is 2.14. The molecule has 21 heavy (non-hydrogen) atoms. The lowest BCUT2D eigenvalue weighted by atomic mass is 10.1. The molecule has 0 saturated carbocycles. The van der Waals surface area contributed by atoms with E-state index in [2.05, 4.69) is 0 Å². The van der Waals surface area contributed by atoms with Gasteiger partial charge in [0.05, 0.1) is 4.92 Å². The number of nitro groups is 1. The Morgan fingerprint density at radius 3 is 2.29 bits per heavy atom. The van der Waals surface area contributed by atoms with Gasteiger partial charge in [-0.1, -0.05) is 12.1 Å². The van der Waals surface area contributed by atoms with Crippen LogP contribution in [0, 0.1) is 21.7 Å². The van der Waals surface area contributed by atoms with Gasteiger partial charge in [0.25, 0.3) is 5.69 Å². The van der Waals surface area contributed by atoms with Gasteiger partial charge in [-0.15, -0.1) is 0 Å². The first-order valence-corrected chi connectivity index (χ1v) is 5.89. The average Bonchev–Trinajstić information content (AvgIpc) is 2.48. The number of nitro benzene ring substituents is 1. The van der Waals surface area contributed by atoms with Gasteiger partial charge in [-0.25, -0.2) is 8.78 Å². The van der Waals surface area contributed by atoms with Crippen LogP contribution in [0.4, 0.5) is 14.5 Å². The minimum Gasteiger partial charge on any atom is -0.289 e. The fourth-order valence-electron chi connectivity index (χ4n) is 1.63. The third-order valence-electron chi connectivity index (χ3n) is 2.73. The highest BCUT2D eigenvalue weighted by molar-refractivity contribution is 6.06. The summed E-state index contributed by atoms with van der Waals surface area (Å²) in [5, 5.41) is 10.5. The molecule has 2 rings (SSSR count). The Balaban J connectivity index is 2.14. The number of hydrogen-bond donors (Lipinski definition) is 0. The molecule has 106 valence electrons. The van der Waals surface area contributed by atoms with Crippen molar-refractivity contribution in [1.29, 1.82) is 0 Å². The Bertz CT molecular complexity index is 724. The first-order valence-electron chi connectivity index (χ1n) is 5.89. The van der Waals surface area contributed by atoms with Crippen molar-refractivity contribution in [2.24, 2.45) is 0 Å². The van der Waals surface area contributed by atoms with Crippen LogP contribution in [0.25, 0.3) is 6.08 Å². The van der Waals surface area contributed by atoms with E-state index in [0.29, 0.717) is 5.56 Å². The predicted octanol–water partition coefficient (Wildman–Crippen LogP) is 3.77. The molecule has 0 aliphatic rings. The van der Waals surface area contributed by atoms with Crippen LogP contribution in [-0.2, 0) is 0 Å². The molecule has 2 aromatic carbocycles. The Hall–Kier alpha value is -2.89. The van der Waals surface area contributed by atoms with Crippen LogP contribution in [-0.4, -0.2) is 10.7 Å². The van der Waals surface area contributed by atoms with Gasteiger partial charge in [0, 0.05) is 17.7 Å². The average molecular weight is 289 g/mol. The highest BCUT2D eigenvalue weighted by Gasteiger charge is 2.07. The maximum Gasteiger partial charge on any atom is 0.269 e. The minimum atomic E-state index is -1.00. The van der Waals surface area contributed by atoms with Crippen molar-refractivity contribution in [3.8, 4) is 0 Å². The molecule has 0 unspecified atom stereocenters. The van der Waals surface area contributed by atoms with Crippen LogP contribution in [0.1, 0.15) is 15.9 Å². The van der Waals surface area contributed by atoms with Crippen molar-refractivity contribution in [2.45, 2.75) is 0 Å². The topological polar surface area (TPSA) is 60.2 Å². The quantitative estimate of drug-likeness (QED) is 0.372. The number of allylic oxidation sites excluding steroid dienone is 1. The van der Waals surface area contributed by atoms with Gasteiger partial charge < -0.3 is 0 Å². The van der Waals surface area contributed by atoms with E-state index < -0.39 is 22.3 Å². The van der Waals surface area contributed by atoms with Crippen molar-refractivity contribution >= 4 is 17.5 Å². The normalized spacial score (nSPS) is 10.8. The van der Waals surface area contributed by atoms with Crippen molar-refractivity contribution < 1.29 is 18.5 Å². The smallest absolute Gasteiger partial charge is 0.269 e. The van der Waals surface area contributed by atoms with Crippen LogP contribution < -0.4 is 0 Å². The van der Waals surface area contributed by atoms with E-state index in [0.717, 1.165) is 12.1 Å². The number of carbonyl (C=O) groups excluding carboxylic acids is 1. The number of ketones is 1. The second-order valence-electron chi connectivity index (χ2n) is 4.18. The SMILES string of the molecule is O=C(/C=C/c1ccc(F)c(F)c1)c1ccc([N+](=O)[O-])cc1. The van der Waals surface area contributed by atoms with E-state index in [9.17, 15) is 23.7 Å². The maximum atomic E-state index is 13.0. The molecule has 0 aliphatic carbocycles. The molecule has 2 aromatic rings. The molecule has 0 atom stereocenters. The van der Waals surface area contributed by atoms with Crippen molar-refractivity contribution in [3.05, 3.63) is 81.4 Å². The molecular formula is C15H9F2NO3. The van der Waals surface area contributed by atoms with Crippen molar-refractivity contribution in [3.63, 3.8) is 0 Å². The van der Waals surface area contributed by atoms with E-state index in [-0.39, 0.29) is 11.3 Å². The second-order valence-corrected chi connectivity index (χ2v) is 4.18. The summed E-state index contributed by atoms with van der Waals surface area (Å²) in [5.74, 6) is -2.36. The fourth-order valence-corrected chi connectivity index (χ4v) is 1.63. The summed E-state index contributed by atoms with van der Waals surface area (Å²) < 4.78 is 25.7. The van der Waals surface area contributed by atoms with Crippen molar-refractivity contribution in [1.82, 2.24) is 0 Å². The van der Waals surface area contributed by atoms with Gasteiger partial charge in [-0.05, 0) is 35.9 Å². The summed E-state index contributed by atoms with van der Waals surface area (Å²) in [4.78, 5) is 21.8. The summed E-state index contributed by atoms with van der Waals surface area (Å²) in [6.45, 7) is 0. The number of halogens is 2. The first kappa shape index (κ1) is 14.5. The minimum absolute atomic E-state index is 0.115. The Labute approximate surface area is 118 Å². The first-order chi connectivity index (χ1) is 9.97. The molecule has 0 N–H and O–H groups in total. The molecule has 0 bridgehead atoms. The lowest BCUT2D eigenvalue weighted by Gasteiger charge is -1.97. The van der Waals surface area contributed by atoms with Gasteiger partial charge in [-0.2, -0.15) is 0 Å². The Morgan fingerprint density at radius 2 is 1.71 bits per heavy atom. The molecular weight excluding hydrogens is 280 g/mol. The molecule has 0 fully saturated rings. The molecule has 0 aromatic heterocycles. The Morgan fingerprint density at radius 1 is 1.05 bits per heavy atom. The summed E-state index contributed by atoms with van der Waals surface area (Å²) >= 11 is 0. The lowest BCUT2D eigenvalue weighted by Crippen LogP contribution is -1.95. The third kappa shape index (κ3) is 3.56. The zero-order valence-electron chi connectivity index (χ0n) is 10.6. The molecule has 6 heteroatoms. The second kappa shape index (κ2) is 6.04. The van der Waals surface area contributed by atoms with E-state index >= 15 is 0 Å². The molecule has 0 saturated heterocycles. The number of nitrogens with zero attached hydrogens (tertiary/aromatic N) is 1. The Kier molecular flexibility index (Phi) is 4.18. The molecule has 0 heterocycles. The van der Waals surface area contributed by atoms with Gasteiger partial charge in [-0.3, -0.25) is 14.9 Å². The van der Waals surface area contributed by atoms with Crippen LogP contribution in [0.3, 0.4) is 0 Å². The number of carbonyl (C=O) groups is 1. The van der Waals surface area contributed by atoms with Crippen LogP contribution >= 0.6 is 0 Å².